The van der Waals surface area contributed by atoms with Gasteiger partial charge in [0, 0.05) is 37.6 Å². The van der Waals surface area contributed by atoms with Crippen LogP contribution in [0.25, 0.3) is 0 Å². The summed E-state index contributed by atoms with van der Waals surface area (Å²) in [6.07, 6.45) is 2.04. The van der Waals surface area contributed by atoms with Crippen LogP contribution in [0.4, 0.5) is 0 Å². The van der Waals surface area contributed by atoms with Crippen molar-refractivity contribution < 1.29 is 14.7 Å². The number of carbonyl (C=O) groups excluding carboxylic acids is 2. The highest BCUT2D eigenvalue weighted by Crippen LogP contribution is 2.19. The molecule has 0 aromatic rings. The fourth-order valence-electron chi connectivity index (χ4n) is 2.35. The Balaban J connectivity index is 2.37. The molecule has 1 aliphatic rings. The lowest BCUT2D eigenvalue weighted by molar-refractivity contribution is -0.138. The molecule has 1 rings (SSSR count). The maximum absolute atomic E-state index is 12.0. The summed E-state index contributed by atoms with van der Waals surface area (Å²) in [6, 6.07) is 0.00725. The molecule has 0 saturated carbocycles. The van der Waals surface area contributed by atoms with Crippen LogP contribution in [0.5, 0.6) is 0 Å². The van der Waals surface area contributed by atoms with Crippen LogP contribution >= 0.6 is 0 Å². The number of amides is 2. The van der Waals surface area contributed by atoms with Gasteiger partial charge >= 0.3 is 0 Å². The lowest BCUT2D eigenvalue weighted by atomic mass is 9.94. The van der Waals surface area contributed by atoms with Gasteiger partial charge in [0.15, 0.2) is 0 Å². The Morgan fingerprint density at radius 1 is 1.26 bits per heavy atom. The van der Waals surface area contributed by atoms with E-state index >= 15 is 0 Å². The van der Waals surface area contributed by atoms with Crippen molar-refractivity contribution >= 4 is 11.8 Å². The summed E-state index contributed by atoms with van der Waals surface area (Å²) in [6.45, 7) is 7.12. The largest absolute Gasteiger partial charge is 0.396 e. The Bertz CT molecular complexity index is 310. The van der Waals surface area contributed by atoms with Crippen molar-refractivity contribution in [1.82, 2.24) is 10.2 Å². The average Bonchev–Trinajstić information content (AvgIpc) is 2.38. The topological polar surface area (TPSA) is 69.6 Å². The minimum Gasteiger partial charge on any atom is -0.396 e. The van der Waals surface area contributed by atoms with Crippen LogP contribution in [0.1, 0.15) is 40.0 Å². The van der Waals surface area contributed by atoms with E-state index < -0.39 is 0 Å². The van der Waals surface area contributed by atoms with Gasteiger partial charge in [-0.1, -0.05) is 13.8 Å². The highest BCUT2D eigenvalue weighted by atomic mass is 16.3. The number of nitrogens with one attached hydrogen (secondary N) is 1. The van der Waals surface area contributed by atoms with E-state index in [1.807, 2.05) is 25.7 Å². The van der Waals surface area contributed by atoms with E-state index in [4.69, 9.17) is 5.11 Å². The summed E-state index contributed by atoms with van der Waals surface area (Å²) in [5.74, 6) is 0.248. The van der Waals surface area contributed by atoms with Gasteiger partial charge in [0.05, 0.1) is 0 Å². The van der Waals surface area contributed by atoms with Crippen LogP contribution in [0.2, 0.25) is 0 Å². The molecule has 0 radical (unpaired) electrons. The maximum Gasteiger partial charge on any atom is 0.225 e. The number of nitrogens with zero attached hydrogens (tertiary/aromatic N) is 1. The second-order valence-electron chi connectivity index (χ2n) is 5.68. The molecular formula is C14H26N2O3. The summed E-state index contributed by atoms with van der Waals surface area (Å²) in [4.78, 5) is 25.7. The second kappa shape index (κ2) is 7.48. The van der Waals surface area contributed by atoms with E-state index in [2.05, 4.69) is 5.32 Å². The van der Waals surface area contributed by atoms with Crippen LogP contribution in [0, 0.1) is 11.8 Å². The predicted octanol–water partition coefficient (Wildman–Crippen LogP) is 0.768. The third kappa shape index (κ3) is 4.82. The molecule has 0 spiro atoms. The van der Waals surface area contributed by atoms with Crippen molar-refractivity contribution in [2.75, 3.05) is 19.7 Å². The van der Waals surface area contributed by atoms with Crippen molar-refractivity contribution in [3.8, 4) is 0 Å². The van der Waals surface area contributed by atoms with Gasteiger partial charge in [-0.05, 0) is 26.2 Å². The third-order valence-corrected chi connectivity index (χ3v) is 3.62. The van der Waals surface area contributed by atoms with Gasteiger partial charge < -0.3 is 15.3 Å². The molecule has 0 bridgehead atoms. The van der Waals surface area contributed by atoms with Gasteiger partial charge in [-0.2, -0.15) is 0 Å². The summed E-state index contributed by atoms with van der Waals surface area (Å²) in [7, 11) is 0. The minimum absolute atomic E-state index is 0.00245. The summed E-state index contributed by atoms with van der Waals surface area (Å²) < 4.78 is 0. The summed E-state index contributed by atoms with van der Waals surface area (Å²) in [5.41, 5.74) is 0. The monoisotopic (exact) mass is 270 g/mol. The molecule has 1 heterocycles. The van der Waals surface area contributed by atoms with Crippen LogP contribution < -0.4 is 5.32 Å². The van der Waals surface area contributed by atoms with E-state index in [9.17, 15) is 9.59 Å². The highest BCUT2D eigenvalue weighted by Gasteiger charge is 2.28. The molecule has 2 N–H and O–H groups in total. The Hall–Kier alpha value is -1.10. The first-order valence-corrected chi connectivity index (χ1v) is 7.15. The highest BCUT2D eigenvalue weighted by molar-refractivity contribution is 5.80. The Morgan fingerprint density at radius 3 is 2.32 bits per heavy atom. The van der Waals surface area contributed by atoms with Gasteiger partial charge in [-0.25, -0.2) is 0 Å². The fourth-order valence-corrected chi connectivity index (χ4v) is 2.35. The molecule has 0 aliphatic carbocycles. The fraction of sp³-hybridized carbons (Fsp3) is 0.857. The maximum atomic E-state index is 12.0. The molecule has 1 fully saturated rings. The van der Waals surface area contributed by atoms with E-state index in [0.29, 0.717) is 19.5 Å². The Kier molecular flexibility index (Phi) is 6.28. The third-order valence-electron chi connectivity index (χ3n) is 3.62. The zero-order valence-corrected chi connectivity index (χ0v) is 12.2. The van der Waals surface area contributed by atoms with E-state index in [1.54, 1.807) is 0 Å². The van der Waals surface area contributed by atoms with Gasteiger partial charge in [-0.15, -0.1) is 0 Å². The molecule has 1 saturated heterocycles. The second-order valence-corrected chi connectivity index (χ2v) is 5.68. The Labute approximate surface area is 115 Å². The molecule has 1 aliphatic heterocycles. The van der Waals surface area contributed by atoms with Crippen molar-refractivity contribution in [2.24, 2.45) is 11.8 Å². The average molecular weight is 270 g/mol. The lowest BCUT2D eigenvalue weighted by Gasteiger charge is -2.33. The molecule has 0 aromatic carbocycles. The van der Waals surface area contributed by atoms with Gasteiger partial charge in [0.25, 0.3) is 0 Å². The van der Waals surface area contributed by atoms with Crippen LogP contribution in [-0.2, 0) is 9.59 Å². The summed E-state index contributed by atoms with van der Waals surface area (Å²) >= 11 is 0. The number of piperidine rings is 1. The quantitative estimate of drug-likeness (QED) is 0.775. The SMILES string of the molecule is CC(CCO)NC(=O)C1CCN(C(=O)C(C)C)CC1. The zero-order valence-electron chi connectivity index (χ0n) is 12.2. The minimum atomic E-state index is -0.00245. The molecular weight excluding hydrogens is 244 g/mol. The van der Waals surface area contributed by atoms with Crippen molar-refractivity contribution in [3.63, 3.8) is 0 Å². The molecule has 19 heavy (non-hydrogen) atoms. The molecule has 110 valence electrons. The van der Waals surface area contributed by atoms with Gasteiger partial charge in [-0.3, -0.25) is 9.59 Å². The first-order chi connectivity index (χ1) is 8.95. The smallest absolute Gasteiger partial charge is 0.225 e. The first-order valence-electron chi connectivity index (χ1n) is 7.15. The van der Waals surface area contributed by atoms with Gasteiger partial charge in [0.2, 0.25) is 11.8 Å². The van der Waals surface area contributed by atoms with Gasteiger partial charge in [0.1, 0.15) is 0 Å². The molecule has 5 heteroatoms. The predicted molar refractivity (Wildman–Crippen MR) is 73.4 cm³/mol. The summed E-state index contributed by atoms with van der Waals surface area (Å²) in [5, 5.41) is 11.7. The first kappa shape index (κ1) is 16.0. The molecule has 1 unspecified atom stereocenters. The van der Waals surface area contributed by atoms with Crippen LogP contribution in [0.15, 0.2) is 0 Å². The number of carbonyl (C=O) groups is 2. The Morgan fingerprint density at radius 2 is 1.84 bits per heavy atom. The molecule has 0 aromatic heterocycles. The van der Waals surface area contributed by atoms with Crippen LogP contribution in [-0.4, -0.2) is 47.6 Å². The van der Waals surface area contributed by atoms with E-state index in [1.165, 1.54) is 0 Å². The standard InChI is InChI=1S/C14H26N2O3/c1-10(2)14(19)16-7-4-12(5-8-16)13(18)15-11(3)6-9-17/h10-12,17H,4-9H2,1-3H3,(H,15,18). The van der Waals surface area contributed by atoms with E-state index in [-0.39, 0.29) is 36.3 Å². The number of hydrogen-bond donors (Lipinski definition) is 2. The normalized spacial score (nSPS) is 18.5. The number of hydrogen-bond acceptors (Lipinski definition) is 3. The number of rotatable bonds is 5. The van der Waals surface area contributed by atoms with Crippen LogP contribution in [0.3, 0.4) is 0 Å². The zero-order chi connectivity index (χ0) is 14.4. The van der Waals surface area contributed by atoms with Crippen molar-refractivity contribution in [2.45, 2.75) is 46.1 Å². The number of aliphatic hydroxyl groups excluding tert-OH is 1. The van der Waals surface area contributed by atoms with Crippen molar-refractivity contribution in [3.05, 3.63) is 0 Å². The molecule has 2 amide bonds. The van der Waals surface area contributed by atoms with E-state index in [0.717, 1.165) is 12.8 Å². The lowest BCUT2D eigenvalue weighted by Crippen LogP contribution is -2.45. The number of aliphatic hydroxyl groups is 1. The molecule has 5 nitrogen and oxygen atoms in total. The van der Waals surface area contributed by atoms with Crippen molar-refractivity contribution in [1.29, 1.82) is 0 Å². The molecule has 1 atom stereocenters. The number of likely N-dealkylation sites (tertiary alicyclic amines) is 1.